The molecule has 6 atom stereocenters. The van der Waals surface area contributed by atoms with E-state index in [2.05, 4.69) is 81.8 Å². The van der Waals surface area contributed by atoms with Gasteiger partial charge in [-0.2, -0.15) is 17.6 Å². The molecule has 6 unspecified atom stereocenters. The van der Waals surface area contributed by atoms with Crippen LogP contribution in [0, 0.1) is 35.5 Å². The molecule has 4 fully saturated rings. The summed E-state index contributed by atoms with van der Waals surface area (Å²) in [5, 5.41) is -10.5. The van der Waals surface area contributed by atoms with E-state index in [-0.39, 0.29) is 25.7 Å². The molecule has 16 nitrogen and oxygen atoms in total. The third kappa shape index (κ3) is 9.99. The number of H-pyrrole nitrogens is 2. The Morgan fingerprint density at radius 3 is 1.44 bits per heavy atom. The van der Waals surface area contributed by atoms with Crippen LogP contribution in [0.1, 0.15) is 78.4 Å². The highest BCUT2D eigenvalue weighted by molar-refractivity contribution is 7.87. The van der Waals surface area contributed by atoms with Crippen molar-refractivity contribution in [3.8, 4) is 0 Å². The summed E-state index contributed by atoms with van der Waals surface area (Å²) < 4.78 is 160. The molecule has 1 aromatic heterocycles. The van der Waals surface area contributed by atoms with Gasteiger partial charge in [-0.3, -0.25) is 19.6 Å². The monoisotopic (exact) mass is 1030 g/mol. The SMILES string of the molecule is CC12CCC(C(=O)OCC(F)C(F)(F)S(=O)(=O)[O-])(OC1=O)C2(C)C.CC12CCC(C(=O)OCC(F)C(F)(F)S(=O)(=O)[O-])(OC1=O)C2(C)C.Cc1ccc([SH+]c2ccccc2)cc1C.c1c[nH+]c[nH]1. The lowest BCUT2D eigenvalue weighted by atomic mass is 9.66. The van der Waals surface area contributed by atoms with Gasteiger partial charge in [-0.1, -0.05) is 52.0 Å². The molecule has 2 N–H and O–H groups in total. The van der Waals surface area contributed by atoms with Crippen molar-refractivity contribution in [3.63, 3.8) is 0 Å². The Bertz CT molecular complexity index is 2430. The van der Waals surface area contributed by atoms with Crippen LogP contribution in [-0.4, -0.2) is 102 Å². The van der Waals surface area contributed by atoms with E-state index < -0.39 is 113 Å². The number of aromatic amines is 2. The van der Waals surface area contributed by atoms with Crippen LogP contribution in [0.2, 0.25) is 0 Å². The lowest BCUT2D eigenvalue weighted by molar-refractivity contribution is -0.375. The second-order valence-electron chi connectivity index (χ2n) is 18.0. The van der Waals surface area contributed by atoms with Crippen molar-refractivity contribution < 1.29 is 95.4 Å². The molecule has 25 heteroatoms. The van der Waals surface area contributed by atoms with Crippen molar-refractivity contribution in [3.05, 3.63) is 78.4 Å². The van der Waals surface area contributed by atoms with Gasteiger partial charge in [0.1, 0.15) is 25.6 Å². The number of hydrogen-bond acceptors (Lipinski definition) is 14. The van der Waals surface area contributed by atoms with Crippen molar-refractivity contribution in [2.45, 2.75) is 125 Å². The summed E-state index contributed by atoms with van der Waals surface area (Å²) in [6.45, 7) is 10.5. The molecule has 7 rings (SSSR count). The van der Waals surface area contributed by atoms with E-state index in [1.165, 1.54) is 32.7 Å². The van der Waals surface area contributed by atoms with Crippen LogP contribution in [-0.2, 0) is 70.1 Å². The molecule has 2 saturated heterocycles. The zero-order chi connectivity index (χ0) is 51.7. The van der Waals surface area contributed by atoms with E-state index in [9.17, 15) is 71.5 Å². The maximum absolute atomic E-state index is 13.4. The molecule has 378 valence electrons. The number of benzene rings is 2. The predicted molar refractivity (Wildman–Crippen MR) is 226 cm³/mol. The molecule has 3 aromatic rings. The number of aryl methyl sites for hydroxylation is 2. The molecule has 4 aliphatic rings. The number of rotatable bonds is 12. The minimum absolute atomic E-state index is 0.0638. The molecule has 4 bridgehead atoms. The minimum Gasteiger partial charge on any atom is -0.743 e. The normalized spacial score (nSPS) is 26.3. The Morgan fingerprint density at radius 1 is 0.721 bits per heavy atom. The summed E-state index contributed by atoms with van der Waals surface area (Å²) in [5.41, 5.74) is -4.82. The molecule has 2 saturated carbocycles. The van der Waals surface area contributed by atoms with Gasteiger partial charge in [-0.25, -0.2) is 35.2 Å². The predicted octanol–water partition coefficient (Wildman–Crippen LogP) is 5.62. The topological polar surface area (TPSA) is 250 Å². The number of ether oxygens (including phenoxy) is 4. The van der Waals surface area contributed by atoms with Crippen LogP contribution in [0.3, 0.4) is 0 Å². The van der Waals surface area contributed by atoms with Crippen LogP contribution in [0.4, 0.5) is 26.3 Å². The summed E-state index contributed by atoms with van der Waals surface area (Å²) in [7, 11) is -12.5. The van der Waals surface area contributed by atoms with Gasteiger partial charge in [-0.15, -0.1) is 0 Å². The highest BCUT2D eigenvalue weighted by Crippen LogP contribution is 2.67. The average molecular weight is 1030 g/mol. The highest BCUT2D eigenvalue weighted by Gasteiger charge is 2.77. The Balaban J connectivity index is 0.000000216. The molecule has 2 aliphatic carbocycles. The standard InChI is InChI=1S/C14H14S.2C13H17F3O7S.C3H4N2/c1-11-8-9-14(10-12(11)2)15-13-6-4-3-5-7-13;2*1-10(2)11(3)4-5-12(10,23-8(11)17)9(18)22-6-7(14)13(15,16)24(19,20)21;1-2-5-3-4-1/h3-10H,1-2H3;2*7H,4-6H2,1-3H3,(H,19,20,21);1-3H,(H,4,5). The summed E-state index contributed by atoms with van der Waals surface area (Å²) in [4.78, 5) is 56.8. The quantitative estimate of drug-likeness (QED) is 0.0578. The lowest BCUT2D eigenvalue weighted by Crippen LogP contribution is -2.50. The fourth-order valence-corrected chi connectivity index (χ4v) is 9.92. The van der Waals surface area contributed by atoms with Gasteiger partial charge in [0.2, 0.25) is 29.9 Å². The number of nitrogens with one attached hydrogen (secondary N) is 2. The second kappa shape index (κ2) is 19.6. The third-order valence-electron chi connectivity index (χ3n) is 13.9. The minimum atomic E-state index is -6.26. The number of imidazole rings is 1. The fourth-order valence-electron chi connectivity index (χ4n) is 8.13. The first kappa shape index (κ1) is 55.9. The number of thiol groups is 1. The Kier molecular flexibility index (Phi) is 16.1. The molecule has 2 aliphatic heterocycles. The molecule has 0 spiro atoms. The van der Waals surface area contributed by atoms with Crippen LogP contribution in [0.15, 0.2) is 77.0 Å². The Morgan fingerprint density at radius 2 is 1.15 bits per heavy atom. The number of fused-ring (bicyclic) bond motifs is 4. The van der Waals surface area contributed by atoms with Crippen molar-refractivity contribution in [1.29, 1.82) is 0 Å². The number of carbonyl (C=O) groups excluding carboxylic acids is 4. The zero-order valence-corrected chi connectivity index (χ0v) is 40.5. The first-order valence-electron chi connectivity index (χ1n) is 20.6. The molecule has 0 amide bonds. The van der Waals surface area contributed by atoms with E-state index in [0.29, 0.717) is 0 Å². The van der Waals surface area contributed by atoms with Gasteiger partial charge in [0.25, 0.3) is 0 Å². The van der Waals surface area contributed by atoms with E-state index in [1.807, 2.05) is 12.4 Å². The number of halogens is 6. The third-order valence-corrected chi connectivity index (χ3v) is 16.8. The van der Waals surface area contributed by atoms with E-state index in [1.54, 1.807) is 47.9 Å². The van der Waals surface area contributed by atoms with Crippen molar-refractivity contribution in [1.82, 2.24) is 4.98 Å². The van der Waals surface area contributed by atoms with Crippen molar-refractivity contribution in [2.75, 3.05) is 13.2 Å². The number of esters is 4. The van der Waals surface area contributed by atoms with Crippen molar-refractivity contribution in [2.24, 2.45) is 21.7 Å². The van der Waals surface area contributed by atoms with Crippen LogP contribution in [0.5, 0.6) is 0 Å². The summed E-state index contributed by atoms with van der Waals surface area (Å²) in [6, 6.07) is 17.2. The number of alkyl halides is 6. The zero-order valence-electron chi connectivity index (χ0n) is 38.0. The van der Waals surface area contributed by atoms with E-state index in [0.717, 1.165) is 0 Å². The molecule has 68 heavy (non-hydrogen) atoms. The van der Waals surface area contributed by atoms with Gasteiger partial charge < -0.3 is 28.1 Å². The van der Waals surface area contributed by atoms with Gasteiger partial charge in [0.15, 0.2) is 30.0 Å². The number of carbonyl (C=O) groups is 4. The summed E-state index contributed by atoms with van der Waals surface area (Å²) in [6.07, 6.45) is -0.972. The molecular formula is C43H52F6N2O14S3. The van der Waals surface area contributed by atoms with Crippen LogP contribution >= 0.6 is 0 Å². The smallest absolute Gasteiger partial charge is 0.368 e. The Hall–Kier alpha value is -4.72. The second-order valence-corrected chi connectivity index (χ2v) is 22.2. The number of hydrogen-bond donors (Lipinski definition) is 1. The van der Waals surface area contributed by atoms with Crippen LogP contribution in [0.25, 0.3) is 0 Å². The first-order chi connectivity index (χ1) is 31.0. The molecule has 0 radical (unpaired) electrons. The maximum atomic E-state index is 13.4. The fraction of sp³-hybridized carbons (Fsp3) is 0.558. The van der Waals surface area contributed by atoms with Crippen LogP contribution < -0.4 is 4.98 Å². The van der Waals surface area contributed by atoms with Gasteiger partial charge >= 0.3 is 34.4 Å². The Labute approximate surface area is 393 Å². The molecule has 2 aromatic carbocycles. The summed E-state index contributed by atoms with van der Waals surface area (Å²) >= 11 is 1.29. The molecular weight excluding hydrogens is 979 g/mol. The maximum Gasteiger partial charge on any atom is 0.368 e. The van der Waals surface area contributed by atoms with Gasteiger partial charge in [0.05, 0.1) is 10.8 Å². The van der Waals surface area contributed by atoms with E-state index in [4.69, 9.17) is 9.47 Å². The van der Waals surface area contributed by atoms with Gasteiger partial charge in [-0.05, 0) is 88.8 Å². The molecule has 3 heterocycles. The number of aromatic nitrogens is 2. The largest absolute Gasteiger partial charge is 0.743 e. The summed E-state index contributed by atoms with van der Waals surface area (Å²) in [5.74, 6) is -3.80. The average Bonchev–Trinajstić information content (AvgIpc) is 4.01. The first-order valence-corrected chi connectivity index (χ1v) is 24.3. The van der Waals surface area contributed by atoms with Crippen molar-refractivity contribution >= 4 is 55.9 Å². The highest BCUT2D eigenvalue weighted by atomic mass is 32.2. The van der Waals surface area contributed by atoms with E-state index >= 15 is 0 Å². The van der Waals surface area contributed by atoms with Gasteiger partial charge in [0, 0.05) is 22.6 Å². The lowest BCUT2D eigenvalue weighted by Gasteiger charge is -2.34.